The number of benzene rings is 1. The standard InChI is InChI=1S/C11H12BrFO6S2/c1-2-20(16,17)3-4-21(18,19)9-6-7(12)5-8(10(9)13)11(14)15/h5-6H,2-4H2,1H3,(H,14,15). The molecule has 0 aliphatic rings. The van der Waals surface area contributed by atoms with Crippen molar-refractivity contribution in [2.75, 3.05) is 17.3 Å². The van der Waals surface area contributed by atoms with Crippen molar-refractivity contribution in [3.05, 3.63) is 28.0 Å². The molecule has 0 aliphatic carbocycles. The molecule has 0 aliphatic heterocycles. The molecule has 0 fully saturated rings. The van der Waals surface area contributed by atoms with Gasteiger partial charge in [-0.1, -0.05) is 22.9 Å². The fraction of sp³-hybridized carbons (Fsp3) is 0.364. The minimum Gasteiger partial charge on any atom is -0.478 e. The van der Waals surface area contributed by atoms with Gasteiger partial charge < -0.3 is 5.11 Å². The van der Waals surface area contributed by atoms with E-state index in [0.29, 0.717) is 0 Å². The molecule has 1 aromatic rings. The quantitative estimate of drug-likeness (QED) is 0.772. The molecule has 0 atom stereocenters. The lowest BCUT2D eigenvalue weighted by atomic mass is 10.2. The third-order valence-electron chi connectivity index (χ3n) is 2.67. The second kappa shape index (κ2) is 6.41. The van der Waals surface area contributed by atoms with Crippen molar-refractivity contribution in [1.82, 2.24) is 0 Å². The van der Waals surface area contributed by atoms with Gasteiger partial charge >= 0.3 is 5.97 Å². The Kier molecular flexibility index (Phi) is 5.51. The topological polar surface area (TPSA) is 106 Å². The third-order valence-corrected chi connectivity index (χ3v) is 6.80. The van der Waals surface area contributed by atoms with Crippen molar-refractivity contribution in [2.45, 2.75) is 11.8 Å². The van der Waals surface area contributed by atoms with Gasteiger partial charge in [-0.25, -0.2) is 26.0 Å². The molecule has 0 heterocycles. The molecule has 0 saturated carbocycles. The number of carboxylic acids is 1. The summed E-state index contributed by atoms with van der Waals surface area (Å²) in [6.45, 7) is 1.37. The zero-order chi connectivity index (χ0) is 16.4. The van der Waals surface area contributed by atoms with Gasteiger partial charge in [-0.15, -0.1) is 0 Å². The first kappa shape index (κ1) is 18.1. The molecule has 0 unspecified atom stereocenters. The summed E-state index contributed by atoms with van der Waals surface area (Å²) in [6.07, 6.45) is 0. The highest BCUT2D eigenvalue weighted by Gasteiger charge is 2.26. The second-order valence-electron chi connectivity index (χ2n) is 4.13. The van der Waals surface area contributed by atoms with Crippen molar-refractivity contribution < 1.29 is 31.1 Å². The summed E-state index contributed by atoms with van der Waals surface area (Å²) in [4.78, 5) is 10.0. The van der Waals surface area contributed by atoms with E-state index in [4.69, 9.17) is 5.11 Å². The summed E-state index contributed by atoms with van der Waals surface area (Å²) in [7, 11) is -7.80. The van der Waals surface area contributed by atoms with Gasteiger partial charge in [0.1, 0.15) is 4.90 Å². The smallest absolute Gasteiger partial charge is 0.338 e. The summed E-state index contributed by atoms with van der Waals surface area (Å²) in [6, 6.07) is 1.84. The molecule has 1 aromatic carbocycles. The number of hydrogen-bond acceptors (Lipinski definition) is 5. The molecule has 1 N–H and O–H groups in total. The van der Waals surface area contributed by atoms with Gasteiger partial charge in [0.15, 0.2) is 25.5 Å². The van der Waals surface area contributed by atoms with Crippen LogP contribution in [0, 0.1) is 5.82 Å². The van der Waals surface area contributed by atoms with Crippen LogP contribution in [0.4, 0.5) is 4.39 Å². The Bertz CT molecular complexity index is 770. The summed E-state index contributed by atoms with van der Waals surface area (Å²) < 4.78 is 60.8. The highest BCUT2D eigenvalue weighted by atomic mass is 79.9. The molecule has 10 heteroatoms. The molecule has 0 amide bonds. The van der Waals surface area contributed by atoms with E-state index in [1.807, 2.05) is 0 Å². The molecule has 21 heavy (non-hydrogen) atoms. The molecule has 0 spiro atoms. The maximum absolute atomic E-state index is 14.0. The molecule has 6 nitrogen and oxygen atoms in total. The van der Waals surface area contributed by atoms with E-state index in [2.05, 4.69) is 15.9 Å². The van der Waals surface area contributed by atoms with Crippen molar-refractivity contribution in [2.24, 2.45) is 0 Å². The Balaban J connectivity index is 3.30. The van der Waals surface area contributed by atoms with Gasteiger partial charge in [-0.05, 0) is 12.1 Å². The average Bonchev–Trinajstić information content (AvgIpc) is 2.38. The van der Waals surface area contributed by atoms with Crippen LogP contribution >= 0.6 is 15.9 Å². The Morgan fingerprint density at radius 3 is 2.29 bits per heavy atom. The van der Waals surface area contributed by atoms with Crippen LogP contribution in [-0.2, 0) is 19.7 Å². The molecule has 0 saturated heterocycles. The van der Waals surface area contributed by atoms with Crippen LogP contribution in [0.3, 0.4) is 0 Å². The fourth-order valence-corrected chi connectivity index (χ4v) is 5.14. The SMILES string of the molecule is CCS(=O)(=O)CCS(=O)(=O)c1cc(Br)cc(C(=O)O)c1F. The lowest BCUT2D eigenvalue weighted by Crippen LogP contribution is -2.20. The first-order chi connectivity index (χ1) is 9.50. The number of aromatic carboxylic acids is 1. The normalized spacial score (nSPS) is 12.3. The van der Waals surface area contributed by atoms with Crippen LogP contribution in [0.15, 0.2) is 21.5 Å². The van der Waals surface area contributed by atoms with Gasteiger partial charge in [-0.2, -0.15) is 0 Å². The highest BCUT2D eigenvalue weighted by molar-refractivity contribution is 9.10. The van der Waals surface area contributed by atoms with E-state index in [9.17, 15) is 26.0 Å². The van der Waals surface area contributed by atoms with Crippen LogP contribution in [0.5, 0.6) is 0 Å². The summed E-state index contributed by atoms with van der Waals surface area (Å²) in [5, 5.41) is 8.83. The Morgan fingerprint density at radius 2 is 1.81 bits per heavy atom. The van der Waals surface area contributed by atoms with Gasteiger partial charge in [0.05, 0.1) is 17.1 Å². The van der Waals surface area contributed by atoms with E-state index in [1.54, 1.807) is 0 Å². The fourth-order valence-electron chi connectivity index (χ4n) is 1.44. The van der Waals surface area contributed by atoms with E-state index in [0.717, 1.165) is 12.1 Å². The number of carbonyl (C=O) groups is 1. The lowest BCUT2D eigenvalue weighted by Gasteiger charge is -2.08. The minimum absolute atomic E-state index is 0.0678. The Hall–Kier alpha value is -1.00. The number of hydrogen-bond donors (Lipinski definition) is 1. The van der Waals surface area contributed by atoms with Crippen molar-refractivity contribution in [1.29, 1.82) is 0 Å². The minimum atomic E-state index is -4.26. The van der Waals surface area contributed by atoms with Crippen LogP contribution < -0.4 is 0 Å². The van der Waals surface area contributed by atoms with E-state index in [-0.39, 0.29) is 10.2 Å². The average molecular weight is 403 g/mol. The molecule has 0 bridgehead atoms. The van der Waals surface area contributed by atoms with E-state index < -0.39 is 53.4 Å². The second-order valence-corrected chi connectivity index (χ2v) is 9.59. The maximum atomic E-state index is 14.0. The number of carboxylic acid groups (broad SMARTS) is 1. The van der Waals surface area contributed by atoms with Gasteiger partial charge in [-0.3, -0.25) is 0 Å². The van der Waals surface area contributed by atoms with Crippen molar-refractivity contribution >= 4 is 41.6 Å². The van der Waals surface area contributed by atoms with Gasteiger partial charge in [0, 0.05) is 10.2 Å². The van der Waals surface area contributed by atoms with Crippen LogP contribution in [-0.4, -0.2) is 45.2 Å². The van der Waals surface area contributed by atoms with Crippen molar-refractivity contribution in [3.63, 3.8) is 0 Å². The number of halogens is 2. The third kappa shape index (κ3) is 4.48. The molecular formula is C11H12BrFO6S2. The zero-order valence-corrected chi connectivity index (χ0v) is 14.1. The van der Waals surface area contributed by atoms with Crippen molar-refractivity contribution in [3.8, 4) is 0 Å². The maximum Gasteiger partial charge on any atom is 0.338 e. The summed E-state index contributed by atoms with van der Waals surface area (Å²) >= 11 is 2.90. The molecule has 1 rings (SSSR count). The Labute approximate surface area is 129 Å². The van der Waals surface area contributed by atoms with Gasteiger partial charge in [0.2, 0.25) is 0 Å². The predicted molar refractivity (Wildman–Crippen MR) is 77.4 cm³/mol. The lowest BCUT2D eigenvalue weighted by molar-refractivity contribution is 0.0691. The van der Waals surface area contributed by atoms with E-state index in [1.165, 1.54) is 6.92 Å². The predicted octanol–water partition coefficient (Wildman–Crippen LogP) is 1.49. The number of sulfone groups is 2. The highest BCUT2D eigenvalue weighted by Crippen LogP contribution is 2.25. The largest absolute Gasteiger partial charge is 0.478 e. The van der Waals surface area contributed by atoms with Crippen LogP contribution in [0.2, 0.25) is 0 Å². The summed E-state index contributed by atoms with van der Waals surface area (Å²) in [5.74, 6) is -4.72. The first-order valence-electron chi connectivity index (χ1n) is 5.65. The monoisotopic (exact) mass is 402 g/mol. The van der Waals surface area contributed by atoms with E-state index >= 15 is 0 Å². The molecular weight excluding hydrogens is 391 g/mol. The summed E-state index contributed by atoms with van der Waals surface area (Å²) in [5.41, 5.74) is -0.804. The Morgan fingerprint density at radius 1 is 1.24 bits per heavy atom. The number of rotatable bonds is 6. The van der Waals surface area contributed by atoms with Crippen LogP contribution in [0.1, 0.15) is 17.3 Å². The van der Waals surface area contributed by atoms with Crippen LogP contribution in [0.25, 0.3) is 0 Å². The zero-order valence-electron chi connectivity index (χ0n) is 10.8. The molecule has 0 radical (unpaired) electrons. The van der Waals surface area contributed by atoms with Gasteiger partial charge in [0.25, 0.3) is 0 Å². The molecule has 118 valence electrons. The molecule has 0 aromatic heterocycles. The first-order valence-corrected chi connectivity index (χ1v) is 9.92.